The van der Waals surface area contributed by atoms with E-state index in [-0.39, 0.29) is 19.6 Å². The van der Waals surface area contributed by atoms with Crippen molar-refractivity contribution in [2.75, 3.05) is 13.1 Å². The van der Waals surface area contributed by atoms with E-state index >= 15 is 0 Å². The molecule has 0 fully saturated rings. The lowest BCUT2D eigenvalue weighted by molar-refractivity contribution is -0.136. The molecule has 1 aromatic heterocycles. The zero-order valence-corrected chi connectivity index (χ0v) is 11.6. The zero-order valence-electron chi connectivity index (χ0n) is 10.8. The molecule has 0 saturated heterocycles. The van der Waals surface area contributed by atoms with E-state index < -0.39 is 27.8 Å². The van der Waals surface area contributed by atoms with Gasteiger partial charge in [-0.1, -0.05) is 13.0 Å². The first kappa shape index (κ1) is 16.9. The maximum Gasteiger partial charge on any atom is 0.402 e. The fraction of sp³-hybridized carbons (Fsp3) is 0.545. The van der Waals surface area contributed by atoms with Gasteiger partial charge in [0, 0.05) is 12.7 Å². The lowest BCUT2D eigenvalue weighted by Gasteiger charge is -2.22. The minimum absolute atomic E-state index is 0.245. The van der Waals surface area contributed by atoms with Crippen LogP contribution in [0.3, 0.4) is 0 Å². The molecule has 0 aromatic carbocycles. The molecule has 0 aliphatic heterocycles. The van der Waals surface area contributed by atoms with Crippen molar-refractivity contribution < 1.29 is 26.7 Å². The average molecular weight is 312 g/mol. The molecule has 0 saturated carbocycles. The quantitative estimate of drug-likeness (QED) is 0.865. The Morgan fingerprint density at radius 3 is 2.40 bits per heavy atom. The Bertz CT molecular complexity index is 529. The average Bonchev–Trinajstić information content (AvgIpc) is 2.37. The second-order valence-corrected chi connectivity index (χ2v) is 6.00. The number of hydrogen-bond donors (Lipinski definition) is 1. The zero-order chi connectivity index (χ0) is 15.4. The Kier molecular flexibility index (Phi) is 5.49. The van der Waals surface area contributed by atoms with Crippen molar-refractivity contribution in [3.8, 4) is 0 Å². The summed E-state index contributed by atoms with van der Waals surface area (Å²) in [6.07, 6.45) is -3.25. The second-order valence-electron chi connectivity index (χ2n) is 4.12. The van der Waals surface area contributed by atoms with Gasteiger partial charge in [0.1, 0.15) is 6.54 Å². The van der Waals surface area contributed by atoms with Crippen LogP contribution in [0.4, 0.5) is 13.2 Å². The summed E-state index contributed by atoms with van der Waals surface area (Å²) in [6.45, 7) is -0.534. The molecule has 1 aromatic rings. The van der Waals surface area contributed by atoms with E-state index in [1.807, 2.05) is 0 Å². The summed E-state index contributed by atoms with van der Waals surface area (Å²) >= 11 is 0. The summed E-state index contributed by atoms with van der Waals surface area (Å²) in [5.41, 5.74) is 0.377. The summed E-state index contributed by atoms with van der Waals surface area (Å²) in [5.74, 6) is 0. The molecule has 114 valence electrons. The topological polar surface area (TPSA) is 70.5 Å². The number of alkyl halides is 3. The van der Waals surface area contributed by atoms with Crippen molar-refractivity contribution in [3.05, 3.63) is 23.9 Å². The Hall–Kier alpha value is -1.19. The van der Waals surface area contributed by atoms with Gasteiger partial charge >= 0.3 is 6.18 Å². The highest BCUT2D eigenvalue weighted by Crippen LogP contribution is 2.22. The second kappa shape index (κ2) is 6.51. The number of rotatable bonds is 6. The summed E-state index contributed by atoms with van der Waals surface area (Å²) in [7, 11) is -4.30. The molecule has 9 heteroatoms. The van der Waals surface area contributed by atoms with E-state index in [9.17, 15) is 21.6 Å². The van der Waals surface area contributed by atoms with E-state index in [1.54, 1.807) is 6.92 Å². The third-order valence-corrected chi connectivity index (χ3v) is 4.17. The van der Waals surface area contributed by atoms with Gasteiger partial charge in [0.25, 0.3) is 10.0 Å². The van der Waals surface area contributed by atoms with Crippen molar-refractivity contribution in [2.45, 2.75) is 31.2 Å². The minimum Gasteiger partial charge on any atom is -0.392 e. The molecule has 0 atom stereocenters. The summed E-state index contributed by atoms with van der Waals surface area (Å²) in [5, 5.41) is 8.36. The first-order valence-corrected chi connectivity index (χ1v) is 7.27. The lowest BCUT2D eigenvalue weighted by Crippen LogP contribution is -2.39. The number of aliphatic hydroxyl groups is 1. The molecule has 1 N–H and O–H groups in total. The largest absolute Gasteiger partial charge is 0.402 e. The molecular formula is C11H15F3N2O3S. The molecule has 0 aliphatic carbocycles. The first-order chi connectivity index (χ1) is 9.20. The number of aliphatic hydroxyl groups excluding tert-OH is 1. The molecule has 20 heavy (non-hydrogen) atoms. The van der Waals surface area contributed by atoms with Crippen LogP contribution in [0.2, 0.25) is 0 Å². The lowest BCUT2D eigenvalue weighted by atomic mass is 10.3. The van der Waals surface area contributed by atoms with Crippen molar-refractivity contribution in [2.24, 2.45) is 0 Å². The maximum atomic E-state index is 12.4. The number of pyridine rings is 1. The molecule has 0 aliphatic rings. The third kappa shape index (κ3) is 4.43. The standard InChI is InChI=1S/C11H15F3N2O3S/c1-2-5-16(8-11(12,13)14)20(18,19)10-4-3-9(7-17)6-15-10/h3-4,6,17H,2,5,7-8H2,1H3. The first-order valence-electron chi connectivity index (χ1n) is 5.83. The molecule has 0 spiro atoms. The fourth-order valence-corrected chi connectivity index (χ4v) is 2.95. The Balaban J connectivity index is 3.08. The van der Waals surface area contributed by atoms with Gasteiger partial charge in [-0.15, -0.1) is 0 Å². The predicted molar refractivity (Wildman–Crippen MR) is 65.3 cm³/mol. The monoisotopic (exact) mass is 312 g/mol. The van der Waals surface area contributed by atoms with Crippen LogP contribution >= 0.6 is 0 Å². The van der Waals surface area contributed by atoms with Crippen molar-refractivity contribution >= 4 is 10.0 Å². The fourth-order valence-electron chi connectivity index (χ4n) is 1.52. The summed E-state index contributed by atoms with van der Waals surface area (Å²) < 4.78 is 61.9. The van der Waals surface area contributed by atoms with Crippen LogP contribution in [0.15, 0.2) is 23.4 Å². The van der Waals surface area contributed by atoms with Crippen LogP contribution in [0.1, 0.15) is 18.9 Å². The smallest absolute Gasteiger partial charge is 0.392 e. The Morgan fingerprint density at radius 1 is 1.35 bits per heavy atom. The van der Waals surface area contributed by atoms with Crippen LogP contribution in [-0.2, 0) is 16.6 Å². The van der Waals surface area contributed by atoms with E-state index in [2.05, 4.69) is 4.98 Å². The summed E-state index contributed by atoms with van der Waals surface area (Å²) in [6, 6.07) is 2.39. The number of aromatic nitrogens is 1. The van der Waals surface area contributed by atoms with Crippen LogP contribution < -0.4 is 0 Å². The molecular weight excluding hydrogens is 297 g/mol. The number of nitrogens with zero attached hydrogens (tertiary/aromatic N) is 2. The van der Waals surface area contributed by atoms with Gasteiger partial charge in [-0.25, -0.2) is 13.4 Å². The normalized spacial score (nSPS) is 12.9. The summed E-state index contributed by atoms with van der Waals surface area (Å²) in [4.78, 5) is 3.60. The van der Waals surface area contributed by atoms with Crippen molar-refractivity contribution in [1.29, 1.82) is 0 Å². The van der Waals surface area contributed by atoms with Crippen LogP contribution in [0.25, 0.3) is 0 Å². The van der Waals surface area contributed by atoms with E-state index in [1.165, 1.54) is 6.07 Å². The van der Waals surface area contributed by atoms with E-state index in [0.29, 0.717) is 9.87 Å². The Morgan fingerprint density at radius 2 is 2.00 bits per heavy atom. The minimum atomic E-state index is -4.62. The van der Waals surface area contributed by atoms with Gasteiger partial charge in [0.15, 0.2) is 5.03 Å². The van der Waals surface area contributed by atoms with Gasteiger partial charge in [0.2, 0.25) is 0 Å². The van der Waals surface area contributed by atoms with E-state index in [4.69, 9.17) is 5.11 Å². The van der Waals surface area contributed by atoms with Gasteiger partial charge in [0.05, 0.1) is 6.61 Å². The molecule has 5 nitrogen and oxygen atoms in total. The van der Waals surface area contributed by atoms with E-state index in [0.717, 1.165) is 12.3 Å². The molecule has 0 amide bonds. The third-order valence-electron chi connectivity index (χ3n) is 2.41. The van der Waals surface area contributed by atoms with Crippen molar-refractivity contribution in [3.63, 3.8) is 0 Å². The van der Waals surface area contributed by atoms with Gasteiger partial charge < -0.3 is 5.11 Å². The van der Waals surface area contributed by atoms with Crippen LogP contribution in [0.5, 0.6) is 0 Å². The molecule has 0 radical (unpaired) electrons. The molecule has 1 heterocycles. The SMILES string of the molecule is CCCN(CC(F)(F)F)S(=O)(=O)c1ccc(CO)cn1. The number of hydrogen-bond acceptors (Lipinski definition) is 4. The molecule has 0 bridgehead atoms. The van der Waals surface area contributed by atoms with Gasteiger partial charge in [-0.05, 0) is 18.1 Å². The highest BCUT2D eigenvalue weighted by atomic mass is 32.2. The maximum absolute atomic E-state index is 12.4. The molecule has 0 unspecified atom stereocenters. The highest BCUT2D eigenvalue weighted by Gasteiger charge is 2.37. The van der Waals surface area contributed by atoms with Crippen LogP contribution in [-0.4, -0.2) is 42.1 Å². The Labute approximate surface area is 115 Å². The number of halogens is 3. The van der Waals surface area contributed by atoms with Gasteiger partial charge in [-0.2, -0.15) is 17.5 Å². The highest BCUT2D eigenvalue weighted by molar-refractivity contribution is 7.89. The molecule has 1 rings (SSSR count). The van der Waals surface area contributed by atoms with Crippen LogP contribution in [0, 0.1) is 0 Å². The van der Waals surface area contributed by atoms with Gasteiger partial charge in [-0.3, -0.25) is 0 Å². The predicted octanol–water partition coefficient (Wildman–Crippen LogP) is 1.54. The number of sulfonamides is 1. The van der Waals surface area contributed by atoms with Crippen molar-refractivity contribution in [1.82, 2.24) is 9.29 Å².